The van der Waals surface area contributed by atoms with E-state index in [9.17, 15) is 27.6 Å². The number of Topliss-reactive ketones (excluding diaryl/α,β-unsaturated/α-hetero) is 1. The lowest BCUT2D eigenvalue weighted by atomic mass is 9.83. The van der Waals surface area contributed by atoms with Crippen molar-refractivity contribution in [3.63, 3.8) is 0 Å². The van der Waals surface area contributed by atoms with Crippen molar-refractivity contribution in [2.24, 2.45) is 11.8 Å². The van der Waals surface area contributed by atoms with Gasteiger partial charge in [-0.2, -0.15) is 13.2 Å². The average Bonchev–Trinajstić information content (AvgIpc) is 3.40. The molecule has 192 valence electrons. The first-order valence-corrected chi connectivity index (χ1v) is 12.0. The molecule has 3 heterocycles. The van der Waals surface area contributed by atoms with Gasteiger partial charge >= 0.3 is 6.18 Å². The summed E-state index contributed by atoms with van der Waals surface area (Å²) in [5.41, 5.74) is 0.255. The van der Waals surface area contributed by atoms with Crippen molar-refractivity contribution < 1.29 is 32.3 Å². The Hall–Kier alpha value is -4.40. The molecule has 0 radical (unpaired) electrons. The SMILES string of the molecule is COc1ccc(C(=O)[C@@H]2[C@@H]3C(=O)N(c4ccccc4C(F)(F)F)C(=O)[C@@H]3C3c4ccccc4C=CN32)cc1. The van der Waals surface area contributed by atoms with E-state index in [1.54, 1.807) is 41.4 Å². The number of halogens is 3. The molecule has 2 saturated heterocycles. The van der Waals surface area contributed by atoms with Crippen LogP contribution in [0.3, 0.4) is 0 Å². The first kappa shape index (κ1) is 24.0. The third kappa shape index (κ3) is 3.45. The lowest BCUT2D eigenvalue weighted by Crippen LogP contribution is -2.44. The number of ether oxygens (including phenoxy) is 1. The van der Waals surface area contributed by atoms with Gasteiger partial charge in [0.15, 0.2) is 5.78 Å². The number of fused-ring (bicyclic) bond motifs is 5. The fourth-order valence-corrected chi connectivity index (χ4v) is 5.93. The van der Waals surface area contributed by atoms with Crippen LogP contribution in [-0.4, -0.2) is 35.6 Å². The molecule has 0 aliphatic carbocycles. The number of rotatable bonds is 4. The molecular weight excluding hydrogens is 497 g/mol. The summed E-state index contributed by atoms with van der Waals surface area (Å²) in [4.78, 5) is 44.0. The molecular formula is C29H21F3N2O4. The molecule has 3 aliphatic rings. The van der Waals surface area contributed by atoms with Crippen LogP contribution in [0.1, 0.15) is 33.1 Å². The van der Waals surface area contributed by atoms with E-state index in [0.717, 1.165) is 23.3 Å². The Morgan fingerprint density at radius 3 is 2.24 bits per heavy atom. The number of para-hydroxylation sites is 1. The maximum Gasteiger partial charge on any atom is 0.418 e. The van der Waals surface area contributed by atoms with E-state index >= 15 is 0 Å². The van der Waals surface area contributed by atoms with Gasteiger partial charge in [-0.05, 0) is 53.6 Å². The van der Waals surface area contributed by atoms with Crippen molar-refractivity contribution in [2.75, 3.05) is 12.0 Å². The molecule has 0 N–H and O–H groups in total. The molecule has 1 unspecified atom stereocenters. The summed E-state index contributed by atoms with van der Waals surface area (Å²) >= 11 is 0. The second-order valence-corrected chi connectivity index (χ2v) is 9.45. The molecule has 38 heavy (non-hydrogen) atoms. The van der Waals surface area contributed by atoms with Gasteiger partial charge in [0, 0.05) is 11.8 Å². The lowest BCUT2D eigenvalue weighted by Gasteiger charge is -2.35. The molecule has 0 aromatic heterocycles. The predicted octanol–water partition coefficient (Wildman–Crippen LogP) is 5.11. The van der Waals surface area contributed by atoms with Crippen LogP contribution in [0.4, 0.5) is 18.9 Å². The number of benzene rings is 3. The Morgan fingerprint density at radius 1 is 0.868 bits per heavy atom. The van der Waals surface area contributed by atoms with Gasteiger partial charge in [-0.15, -0.1) is 0 Å². The van der Waals surface area contributed by atoms with Gasteiger partial charge in [-0.3, -0.25) is 14.4 Å². The van der Waals surface area contributed by atoms with E-state index in [0.29, 0.717) is 16.2 Å². The number of nitrogens with zero attached hydrogens (tertiary/aromatic N) is 2. The Kier molecular flexibility index (Phi) is 5.41. The van der Waals surface area contributed by atoms with Gasteiger partial charge in [0.05, 0.1) is 36.2 Å². The smallest absolute Gasteiger partial charge is 0.418 e. The van der Waals surface area contributed by atoms with Crippen LogP contribution in [0, 0.1) is 11.8 Å². The standard InChI is InChI=1S/C29H21F3N2O4/c1-38-18-12-10-17(11-13-18)26(35)25-23-22(24-19-7-3-2-6-16(19)14-15-33(24)25)27(36)34(28(23)37)21-9-5-4-8-20(21)29(30,31)32/h2-15,22-25H,1H3/t22-,23+,24?,25-/m0/s1. The highest BCUT2D eigenvalue weighted by Gasteiger charge is 2.65. The summed E-state index contributed by atoms with van der Waals surface area (Å²) in [7, 11) is 1.50. The number of amides is 2. The third-order valence-corrected chi connectivity index (χ3v) is 7.56. The van der Waals surface area contributed by atoms with Crippen molar-refractivity contribution in [1.29, 1.82) is 0 Å². The maximum atomic E-state index is 13.9. The monoisotopic (exact) mass is 518 g/mol. The second-order valence-electron chi connectivity index (χ2n) is 9.45. The molecule has 3 aromatic rings. The molecule has 6 rings (SSSR count). The van der Waals surface area contributed by atoms with E-state index in [1.165, 1.54) is 19.2 Å². The summed E-state index contributed by atoms with van der Waals surface area (Å²) in [6.45, 7) is 0. The summed E-state index contributed by atoms with van der Waals surface area (Å²) in [5.74, 6) is -3.63. The highest BCUT2D eigenvalue weighted by atomic mass is 19.4. The Balaban J connectivity index is 1.50. The van der Waals surface area contributed by atoms with Gasteiger partial charge in [0.2, 0.25) is 11.8 Å². The van der Waals surface area contributed by atoms with Gasteiger partial charge in [0.25, 0.3) is 0 Å². The van der Waals surface area contributed by atoms with Crippen molar-refractivity contribution >= 4 is 29.4 Å². The molecule has 0 spiro atoms. The molecule has 9 heteroatoms. The number of hydrogen-bond donors (Lipinski definition) is 0. The van der Waals surface area contributed by atoms with Gasteiger partial charge in [-0.1, -0.05) is 36.4 Å². The molecule has 3 aliphatic heterocycles. The summed E-state index contributed by atoms with van der Waals surface area (Å²) in [5, 5.41) is 0. The summed E-state index contributed by atoms with van der Waals surface area (Å²) < 4.78 is 46.8. The van der Waals surface area contributed by atoms with Crippen LogP contribution >= 0.6 is 0 Å². The molecule has 3 aromatic carbocycles. The number of methoxy groups -OCH3 is 1. The number of imide groups is 1. The van der Waals surface area contributed by atoms with Crippen molar-refractivity contribution in [1.82, 2.24) is 4.90 Å². The normalized spacial score (nSPS) is 23.8. The minimum atomic E-state index is -4.78. The first-order valence-electron chi connectivity index (χ1n) is 12.0. The molecule has 4 atom stereocenters. The Morgan fingerprint density at radius 2 is 1.53 bits per heavy atom. The molecule has 2 fully saturated rings. The van der Waals surface area contributed by atoms with Crippen molar-refractivity contribution in [2.45, 2.75) is 18.3 Å². The van der Waals surface area contributed by atoms with Crippen molar-refractivity contribution in [3.05, 3.63) is 101 Å². The zero-order chi connectivity index (χ0) is 26.8. The zero-order valence-corrected chi connectivity index (χ0v) is 20.1. The maximum absolute atomic E-state index is 13.9. The second kappa shape index (κ2) is 8.58. The van der Waals surface area contributed by atoms with E-state index in [4.69, 9.17) is 4.74 Å². The fraction of sp³-hybridized carbons (Fsp3) is 0.207. The number of alkyl halides is 3. The summed E-state index contributed by atoms with van der Waals surface area (Å²) in [6.07, 6.45) is -1.27. The van der Waals surface area contributed by atoms with Crippen LogP contribution in [0.5, 0.6) is 5.75 Å². The van der Waals surface area contributed by atoms with Crippen LogP contribution in [0.15, 0.2) is 79.0 Å². The van der Waals surface area contributed by atoms with E-state index < -0.39 is 58.9 Å². The molecule has 2 amide bonds. The number of hydrogen-bond acceptors (Lipinski definition) is 5. The zero-order valence-electron chi connectivity index (χ0n) is 20.1. The average molecular weight is 518 g/mol. The Labute approximate surface area is 215 Å². The quantitative estimate of drug-likeness (QED) is 0.355. The van der Waals surface area contributed by atoms with E-state index in [1.807, 2.05) is 24.3 Å². The molecule has 0 saturated carbocycles. The Bertz CT molecular complexity index is 1500. The van der Waals surface area contributed by atoms with Crippen LogP contribution in [-0.2, 0) is 15.8 Å². The van der Waals surface area contributed by atoms with Crippen molar-refractivity contribution in [3.8, 4) is 5.75 Å². The van der Waals surface area contributed by atoms with E-state index in [2.05, 4.69) is 0 Å². The minimum absolute atomic E-state index is 0.303. The molecule has 0 bridgehead atoms. The lowest BCUT2D eigenvalue weighted by molar-refractivity contribution is -0.137. The topological polar surface area (TPSA) is 66.9 Å². The fourth-order valence-electron chi connectivity index (χ4n) is 5.93. The van der Waals surface area contributed by atoms with Crippen LogP contribution < -0.4 is 9.64 Å². The van der Waals surface area contributed by atoms with E-state index in [-0.39, 0.29) is 0 Å². The first-order chi connectivity index (χ1) is 18.2. The largest absolute Gasteiger partial charge is 0.497 e. The molecule has 6 nitrogen and oxygen atoms in total. The van der Waals surface area contributed by atoms with Gasteiger partial charge < -0.3 is 9.64 Å². The number of carbonyl (C=O) groups excluding carboxylic acids is 3. The summed E-state index contributed by atoms with van der Waals surface area (Å²) in [6, 6.07) is 16.4. The van der Waals surface area contributed by atoms with Gasteiger partial charge in [0.1, 0.15) is 11.8 Å². The number of ketones is 1. The predicted molar refractivity (Wildman–Crippen MR) is 132 cm³/mol. The number of carbonyl (C=O) groups is 3. The van der Waals surface area contributed by atoms with Gasteiger partial charge in [-0.25, -0.2) is 4.90 Å². The number of anilines is 1. The highest BCUT2D eigenvalue weighted by Crippen LogP contribution is 2.54. The highest BCUT2D eigenvalue weighted by molar-refractivity contribution is 6.25. The van der Waals surface area contributed by atoms with Crippen LogP contribution in [0.25, 0.3) is 6.08 Å². The third-order valence-electron chi connectivity index (χ3n) is 7.56. The van der Waals surface area contributed by atoms with Crippen LogP contribution in [0.2, 0.25) is 0 Å². The minimum Gasteiger partial charge on any atom is -0.497 e.